The number of benzene rings is 2. The van der Waals surface area contributed by atoms with Gasteiger partial charge in [0, 0.05) is 24.1 Å². The number of fused-ring (bicyclic) bond motifs is 1. The number of ether oxygens (including phenoxy) is 1. The largest absolute Gasteiger partial charge is 0.496 e. The molecule has 0 atom stereocenters. The highest BCUT2D eigenvalue weighted by Gasteiger charge is 2.18. The van der Waals surface area contributed by atoms with Gasteiger partial charge in [-0.25, -0.2) is 5.10 Å². The molecule has 0 unspecified atom stereocenters. The van der Waals surface area contributed by atoms with Crippen molar-refractivity contribution >= 4 is 5.91 Å². The van der Waals surface area contributed by atoms with Crippen molar-refractivity contribution in [2.45, 2.75) is 38.5 Å². The highest BCUT2D eigenvalue weighted by atomic mass is 16.5. The summed E-state index contributed by atoms with van der Waals surface area (Å²) in [6, 6.07) is 15.4. The smallest absolute Gasteiger partial charge is 0.267 e. The van der Waals surface area contributed by atoms with Gasteiger partial charge in [0.25, 0.3) is 11.5 Å². The van der Waals surface area contributed by atoms with Crippen molar-refractivity contribution in [2.75, 3.05) is 13.7 Å². The van der Waals surface area contributed by atoms with Crippen LogP contribution < -0.4 is 15.6 Å². The van der Waals surface area contributed by atoms with Crippen LogP contribution in [0.5, 0.6) is 5.75 Å². The zero-order chi connectivity index (χ0) is 21.6. The zero-order valence-corrected chi connectivity index (χ0v) is 17.7. The Kier molecular flexibility index (Phi) is 6.46. The lowest BCUT2D eigenvalue weighted by Gasteiger charge is -2.17. The van der Waals surface area contributed by atoms with Gasteiger partial charge in [-0.05, 0) is 67.0 Å². The second kappa shape index (κ2) is 9.60. The number of carbonyl (C=O) groups is 1. The summed E-state index contributed by atoms with van der Waals surface area (Å²) < 4.78 is 5.37. The number of amides is 1. The van der Waals surface area contributed by atoms with E-state index in [1.54, 1.807) is 7.11 Å². The molecule has 0 fully saturated rings. The van der Waals surface area contributed by atoms with Gasteiger partial charge in [-0.3, -0.25) is 9.59 Å². The predicted molar refractivity (Wildman–Crippen MR) is 120 cm³/mol. The molecule has 0 spiro atoms. The van der Waals surface area contributed by atoms with Crippen molar-refractivity contribution in [1.29, 1.82) is 0 Å². The predicted octanol–water partition coefficient (Wildman–Crippen LogP) is 3.22. The normalized spacial score (nSPS) is 12.8. The fourth-order valence-corrected chi connectivity index (χ4v) is 4.21. The SMILES string of the molecule is COc1ccccc1CCNC(=O)c1cccc(Cc2n[nH]c(=O)c3c2CCCC3)c1. The van der Waals surface area contributed by atoms with Crippen LogP contribution >= 0.6 is 0 Å². The van der Waals surface area contributed by atoms with E-state index < -0.39 is 0 Å². The number of nitrogens with one attached hydrogen (secondary N) is 2. The van der Waals surface area contributed by atoms with Crippen LogP contribution in [-0.2, 0) is 25.7 Å². The molecule has 0 saturated carbocycles. The summed E-state index contributed by atoms with van der Waals surface area (Å²) in [6.07, 6.45) is 5.13. The van der Waals surface area contributed by atoms with E-state index in [0.29, 0.717) is 24.9 Å². The standard InChI is InChI=1S/C25H27N3O3/c1-31-23-12-5-2-8-18(23)13-14-26-24(29)19-9-6-7-17(15-19)16-22-20-10-3-4-11-21(20)25(30)28-27-22/h2,5-9,12,15H,3-4,10-11,13-14,16H2,1H3,(H,26,29)(H,28,30). The number of para-hydroxylation sites is 1. The second-order valence-corrected chi connectivity index (χ2v) is 7.86. The molecule has 160 valence electrons. The Morgan fingerprint density at radius 1 is 1.10 bits per heavy atom. The van der Waals surface area contributed by atoms with Gasteiger partial charge in [0.1, 0.15) is 5.75 Å². The number of methoxy groups -OCH3 is 1. The molecule has 2 aromatic carbocycles. The lowest BCUT2D eigenvalue weighted by atomic mass is 9.90. The molecule has 1 heterocycles. The molecule has 0 bridgehead atoms. The fourth-order valence-electron chi connectivity index (χ4n) is 4.21. The van der Waals surface area contributed by atoms with Crippen molar-refractivity contribution in [3.63, 3.8) is 0 Å². The van der Waals surface area contributed by atoms with Gasteiger partial charge >= 0.3 is 0 Å². The molecule has 3 aromatic rings. The summed E-state index contributed by atoms with van der Waals surface area (Å²) in [5, 5.41) is 9.94. The van der Waals surface area contributed by atoms with E-state index >= 15 is 0 Å². The molecule has 0 saturated heterocycles. The van der Waals surface area contributed by atoms with Gasteiger partial charge in [0.2, 0.25) is 0 Å². The van der Waals surface area contributed by atoms with Crippen LogP contribution in [0.1, 0.15) is 51.1 Å². The third-order valence-electron chi connectivity index (χ3n) is 5.82. The Morgan fingerprint density at radius 2 is 1.90 bits per heavy atom. The Labute approximate surface area is 181 Å². The summed E-state index contributed by atoms with van der Waals surface area (Å²) in [7, 11) is 1.65. The highest BCUT2D eigenvalue weighted by Crippen LogP contribution is 2.22. The summed E-state index contributed by atoms with van der Waals surface area (Å²) in [6.45, 7) is 0.526. The minimum Gasteiger partial charge on any atom is -0.496 e. The molecular formula is C25H27N3O3. The Hall–Kier alpha value is -3.41. The number of aromatic amines is 1. The summed E-state index contributed by atoms with van der Waals surface area (Å²) >= 11 is 0. The maximum Gasteiger partial charge on any atom is 0.267 e. The van der Waals surface area contributed by atoms with Crippen LogP contribution in [0.15, 0.2) is 53.3 Å². The van der Waals surface area contributed by atoms with Crippen molar-refractivity contribution < 1.29 is 9.53 Å². The third-order valence-corrected chi connectivity index (χ3v) is 5.82. The maximum absolute atomic E-state index is 12.7. The van der Waals surface area contributed by atoms with Crippen molar-refractivity contribution in [2.24, 2.45) is 0 Å². The first-order valence-corrected chi connectivity index (χ1v) is 10.7. The average Bonchev–Trinajstić information content (AvgIpc) is 2.81. The van der Waals surface area contributed by atoms with E-state index in [1.165, 1.54) is 0 Å². The first-order chi connectivity index (χ1) is 15.2. The van der Waals surface area contributed by atoms with E-state index in [9.17, 15) is 9.59 Å². The Balaban J connectivity index is 1.43. The average molecular weight is 418 g/mol. The minimum absolute atomic E-state index is 0.0679. The van der Waals surface area contributed by atoms with Crippen LogP contribution in [0.2, 0.25) is 0 Å². The molecule has 0 aliphatic heterocycles. The molecule has 0 radical (unpaired) electrons. The maximum atomic E-state index is 12.7. The fraction of sp³-hybridized carbons (Fsp3) is 0.320. The topological polar surface area (TPSA) is 84.1 Å². The molecule has 1 aliphatic carbocycles. The molecule has 1 aliphatic rings. The van der Waals surface area contributed by atoms with Gasteiger partial charge in [0.15, 0.2) is 0 Å². The van der Waals surface area contributed by atoms with Gasteiger partial charge < -0.3 is 10.1 Å². The summed E-state index contributed by atoms with van der Waals surface area (Å²) in [5.41, 5.74) is 5.49. The second-order valence-electron chi connectivity index (χ2n) is 7.86. The number of hydrogen-bond acceptors (Lipinski definition) is 4. The molecular weight excluding hydrogens is 390 g/mol. The number of hydrogen-bond donors (Lipinski definition) is 2. The van der Waals surface area contributed by atoms with Gasteiger partial charge in [-0.1, -0.05) is 30.3 Å². The first kappa shape index (κ1) is 20.8. The lowest BCUT2D eigenvalue weighted by molar-refractivity contribution is 0.0954. The monoisotopic (exact) mass is 417 g/mol. The van der Waals surface area contributed by atoms with E-state index in [2.05, 4.69) is 15.5 Å². The van der Waals surface area contributed by atoms with E-state index in [1.807, 2.05) is 48.5 Å². The highest BCUT2D eigenvalue weighted by molar-refractivity contribution is 5.94. The van der Waals surface area contributed by atoms with Gasteiger partial charge in [-0.15, -0.1) is 0 Å². The number of H-pyrrole nitrogens is 1. The Morgan fingerprint density at radius 3 is 2.74 bits per heavy atom. The molecule has 1 aromatic heterocycles. The summed E-state index contributed by atoms with van der Waals surface area (Å²) in [5.74, 6) is 0.726. The van der Waals surface area contributed by atoms with Crippen molar-refractivity contribution in [3.05, 3.63) is 92.4 Å². The lowest BCUT2D eigenvalue weighted by Crippen LogP contribution is -2.26. The van der Waals surface area contributed by atoms with Crippen LogP contribution in [-0.4, -0.2) is 29.8 Å². The molecule has 6 nitrogen and oxygen atoms in total. The Bertz CT molecular complexity index is 1140. The van der Waals surface area contributed by atoms with Crippen LogP contribution in [0, 0.1) is 0 Å². The molecule has 4 rings (SSSR count). The van der Waals surface area contributed by atoms with Crippen molar-refractivity contribution in [3.8, 4) is 5.75 Å². The summed E-state index contributed by atoms with van der Waals surface area (Å²) in [4.78, 5) is 24.7. The molecule has 2 N–H and O–H groups in total. The van der Waals surface area contributed by atoms with E-state index in [-0.39, 0.29) is 11.5 Å². The van der Waals surface area contributed by atoms with Crippen LogP contribution in [0.3, 0.4) is 0 Å². The number of carbonyl (C=O) groups excluding carboxylic acids is 1. The van der Waals surface area contributed by atoms with Gasteiger partial charge in [0.05, 0.1) is 12.8 Å². The van der Waals surface area contributed by atoms with Gasteiger partial charge in [-0.2, -0.15) is 5.10 Å². The quantitative estimate of drug-likeness (QED) is 0.618. The number of aromatic nitrogens is 2. The molecule has 6 heteroatoms. The number of nitrogens with zero attached hydrogens (tertiary/aromatic N) is 1. The van der Waals surface area contributed by atoms with E-state index in [4.69, 9.17) is 4.74 Å². The number of rotatable bonds is 7. The third kappa shape index (κ3) is 4.85. The van der Waals surface area contributed by atoms with Crippen molar-refractivity contribution in [1.82, 2.24) is 15.5 Å². The minimum atomic E-state index is -0.104. The molecule has 31 heavy (non-hydrogen) atoms. The molecule has 1 amide bonds. The zero-order valence-electron chi connectivity index (χ0n) is 17.7. The van der Waals surface area contributed by atoms with Crippen LogP contribution in [0.25, 0.3) is 0 Å². The first-order valence-electron chi connectivity index (χ1n) is 10.7. The van der Waals surface area contributed by atoms with Crippen LogP contribution in [0.4, 0.5) is 0 Å². The van der Waals surface area contributed by atoms with E-state index in [0.717, 1.165) is 59.4 Å².